The lowest BCUT2D eigenvalue weighted by atomic mass is 9.91. The third-order valence-corrected chi connectivity index (χ3v) is 7.34. The van der Waals surface area contributed by atoms with Crippen LogP contribution in [0.5, 0.6) is 0 Å². The summed E-state index contributed by atoms with van der Waals surface area (Å²) in [5, 5.41) is 7.64. The van der Waals surface area contributed by atoms with Gasteiger partial charge in [0.1, 0.15) is 46.4 Å². The topological polar surface area (TPSA) is 117 Å². The first-order valence-corrected chi connectivity index (χ1v) is 13.4. The van der Waals surface area contributed by atoms with Gasteiger partial charge in [-0.1, -0.05) is 47.1 Å². The molecule has 1 aromatic heterocycles. The van der Waals surface area contributed by atoms with Crippen molar-refractivity contribution in [2.75, 3.05) is 20.7 Å². The standard InChI is InChI=1S/C28H28ClF2N5O6/c1-14(35(3)4)32-27(38)26-25(40-15(2)37)23(24-21(41-26)13-39-28(42-24)16-8-6-5-7-9-16)36-12-20(33-34-36)17-10-18(30)22(29)19(31)11-17/h5-12,21,23-26,28H,13H2,1-4H3/t21-,23+,24+,25-,26-,28?/m1/s1. The van der Waals surface area contributed by atoms with Crippen LogP contribution in [0.15, 0.2) is 53.7 Å². The second-order valence-electron chi connectivity index (χ2n) is 10.1. The van der Waals surface area contributed by atoms with E-state index in [1.54, 1.807) is 25.9 Å². The summed E-state index contributed by atoms with van der Waals surface area (Å²) in [4.78, 5) is 31.5. The summed E-state index contributed by atoms with van der Waals surface area (Å²) in [6, 6.07) is 10.2. The van der Waals surface area contributed by atoms with E-state index in [0.717, 1.165) is 17.7 Å². The number of halogens is 3. The summed E-state index contributed by atoms with van der Waals surface area (Å²) in [5.41, 5.74) is 0.904. The summed E-state index contributed by atoms with van der Waals surface area (Å²) >= 11 is 5.65. The minimum atomic E-state index is -1.35. The van der Waals surface area contributed by atoms with E-state index >= 15 is 0 Å². The summed E-state index contributed by atoms with van der Waals surface area (Å²) in [5.74, 6) is -2.92. The SMILES string of the molecule is CC(=O)O[C@@H]1[C@@H](n2cc(-c3cc(F)c(Cl)c(F)c3)nn2)[C@H]2OC(c3ccccc3)OC[C@H]2O[C@H]1C(=O)N=C(C)N(C)C. The van der Waals surface area contributed by atoms with Crippen molar-refractivity contribution in [3.05, 3.63) is 70.9 Å². The molecule has 14 heteroatoms. The number of carbonyl (C=O) groups is 2. The minimum Gasteiger partial charge on any atom is -0.457 e. The molecule has 1 amide bonds. The lowest BCUT2D eigenvalue weighted by Crippen LogP contribution is -2.62. The number of aromatic nitrogens is 3. The largest absolute Gasteiger partial charge is 0.457 e. The molecule has 0 spiro atoms. The van der Waals surface area contributed by atoms with Crippen molar-refractivity contribution in [2.24, 2.45) is 4.99 Å². The summed E-state index contributed by atoms with van der Waals surface area (Å²) < 4.78 is 53.9. The number of carbonyl (C=O) groups excluding carboxylic acids is 2. The number of hydrogen-bond donors (Lipinski definition) is 0. The number of benzene rings is 2. The molecule has 6 atom stereocenters. The van der Waals surface area contributed by atoms with E-state index in [9.17, 15) is 18.4 Å². The summed E-state index contributed by atoms with van der Waals surface area (Å²) in [6.07, 6.45) is -3.67. The van der Waals surface area contributed by atoms with Gasteiger partial charge in [0.05, 0.1) is 12.8 Å². The van der Waals surface area contributed by atoms with Crippen molar-refractivity contribution in [3.8, 4) is 11.3 Å². The molecule has 0 bridgehead atoms. The van der Waals surface area contributed by atoms with E-state index in [0.29, 0.717) is 5.84 Å². The van der Waals surface area contributed by atoms with E-state index in [4.69, 9.17) is 30.5 Å². The Hall–Kier alpha value is -3.78. The fourth-order valence-electron chi connectivity index (χ4n) is 4.78. The third-order valence-electron chi connectivity index (χ3n) is 6.98. The van der Waals surface area contributed by atoms with Gasteiger partial charge in [0, 0.05) is 32.1 Å². The zero-order valence-corrected chi connectivity index (χ0v) is 23.9. The summed E-state index contributed by atoms with van der Waals surface area (Å²) in [6.45, 7) is 2.87. The van der Waals surface area contributed by atoms with Crippen molar-refractivity contribution in [3.63, 3.8) is 0 Å². The molecule has 0 radical (unpaired) electrons. The average Bonchev–Trinajstić information content (AvgIpc) is 3.45. The van der Waals surface area contributed by atoms with E-state index < -0.39 is 65.3 Å². The molecule has 11 nitrogen and oxygen atoms in total. The molecule has 0 saturated carbocycles. The maximum atomic E-state index is 14.2. The quantitative estimate of drug-likeness (QED) is 0.186. The van der Waals surface area contributed by atoms with Crippen LogP contribution in [0, 0.1) is 11.6 Å². The van der Waals surface area contributed by atoms with Gasteiger partial charge in [0.25, 0.3) is 5.91 Å². The Bertz CT molecular complexity index is 1480. The van der Waals surface area contributed by atoms with Gasteiger partial charge < -0.3 is 23.8 Å². The van der Waals surface area contributed by atoms with Crippen LogP contribution >= 0.6 is 11.6 Å². The van der Waals surface area contributed by atoms with Crippen LogP contribution in [0.25, 0.3) is 11.3 Å². The molecule has 2 saturated heterocycles. The number of aliphatic imine (C=N–C) groups is 1. The van der Waals surface area contributed by atoms with Crippen LogP contribution in [0.1, 0.15) is 31.7 Å². The molecule has 0 N–H and O–H groups in total. The highest BCUT2D eigenvalue weighted by atomic mass is 35.5. The van der Waals surface area contributed by atoms with Gasteiger partial charge in [-0.25, -0.2) is 13.5 Å². The maximum Gasteiger partial charge on any atom is 0.303 e. The minimum absolute atomic E-state index is 0.0306. The zero-order valence-electron chi connectivity index (χ0n) is 23.1. The van der Waals surface area contributed by atoms with Crippen molar-refractivity contribution >= 4 is 29.3 Å². The second-order valence-corrected chi connectivity index (χ2v) is 10.4. The van der Waals surface area contributed by atoms with Gasteiger partial charge in [0.15, 0.2) is 18.5 Å². The number of amides is 1. The third kappa shape index (κ3) is 6.04. The van der Waals surface area contributed by atoms with Crippen molar-refractivity contribution in [1.82, 2.24) is 19.9 Å². The lowest BCUT2D eigenvalue weighted by Gasteiger charge is -2.48. The molecule has 3 aromatic rings. The Morgan fingerprint density at radius 3 is 2.45 bits per heavy atom. The molecule has 2 aromatic carbocycles. The Labute approximate surface area is 245 Å². The van der Waals surface area contributed by atoms with Gasteiger partial charge in [-0.05, 0) is 19.1 Å². The van der Waals surface area contributed by atoms with E-state index in [-0.39, 0.29) is 17.9 Å². The molecule has 42 heavy (non-hydrogen) atoms. The highest BCUT2D eigenvalue weighted by Crippen LogP contribution is 2.41. The number of nitrogens with zero attached hydrogens (tertiary/aromatic N) is 5. The first kappa shape index (κ1) is 29.7. The number of rotatable bonds is 5. The number of ether oxygens (including phenoxy) is 4. The average molecular weight is 604 g/mol. The molecular formula is C28H28ClF2N5O6. The van der Waals surface area contributed by atoms with E-state index in [2.05, 4.69) is 15.3 Å². The highest BCUT2D eigenvalue weighted by Gasteiger charge is 2.55. The van der Waals surface area contributed by atoms with Crippen LogP contribution in [-0.4, -0.2) is 82.7 Å². The molecule has 2 aliphatic rings. The Morgan fingerprint density at radius 1 is 1.12 bits per heavy atom. The fraction of sp³-hybridized carbons (Fsp3) is 0.393. The number of amidine groups is 1. The molecule has 5 rings (SSSR count). The van der Waals surface area contributed by atoms with Gasteiger partial charge in [0.2, 0.25) is 0 Å². The first-order chi connectivity index (χ1) is 20.0. The Morgan fingerprint density at radius 2 is 1.81 bits per heavy atom. The molecular weight excluding hydrogens is 576 g/mol. The predicted octanol–water partition coefficient (Wildman–Crippen LogP) is 3.74. The Balaban J connectivity index is 1.58. The molecule has 0 aliphatic carbocycles. The van der Waals surface area contributed by atoms with Crippen molar-refractivity contribution in [2.45, 2.75) is 50.6 Å². The molecule has 3 heterocycles. The van der Waals surface area contributed by atoms with Gasteiger partial charge in [-0.15, -0.1) is 5.10 Å². The molecule has 222 valence electrons. The Kier molecular flexibility index (Phi) is 8.64. The van der Waals surface area contributed by atoms with Crippen LogP contribution in [0.4, 0.5) is 8.78 Å². The number of hydrogen-bond acceptors (Lipinski definition) is 8. The van der Waals surface area contributed by atoms with Gasteiger partial charge in [-0.3, -0.25) is 9.59 Å². The first-order valence-electron chi connectivity index (χ1n) is 13.0. The lowest BCUT2D eigenvalue weighted by molar-refractivity contribution is -0.313. The highest BCUT2D eigenvalue weighted by molar-refractivity contribution is 6.31. The number of fused-ring (bicyclic) bond motifs is 1. The summed E-state index contributed by atoms with van der Waals surface area (Å²) in [7, 11) is 3.45. The monoisotopic (exact) mass is 603 g/mol. The van der Waals surface area contributed by atoms with Crippen LogP contribution in [-0.2, 0) is 28.5 Å². The van der Waals surface area contributed by atoms with Gasteiger partial charge >= 0.3 is 5.97 Å². The normalized spacial score (nSPS) is 25.9. The molecule has 2 fully saturated rings. The zero-order chi connectivity index (χ0) is 30.1. The smallest absolute Gasteiger partial charge is 0.303 e. The maximum absolute atomic E-state index is 14.2. The van der Waals surface area contributed by atoms with Crippen molar-refractivity contribution < 1.29 is 37.3 Å². The van der Waals surface area contributed by atoms with Gasteiger partial charge in [-0.2, -0.15) is 4.99 Å². The van der Waals surface area contributed by atoms with Crippen LogP contribution < -0.4 is 0 Å². The van der Waals surface area contributed by atoms with E-state index in [1.165, 1.54) is 17.8 Å². The van der Waals surface area contributed by atoms with Crippen LogP contribution in [0.3, 0.4) is 0 Å². The molecule has 1 unspecified atom stereocenters. The number of esters is 1. The van der Waals surface area contributed by atoms with Crippen LogP contribution in [0.2, 0.25) is 5.02 Å². The fourth-order valence-corrected chi connectivity index (χ4v) is 4.89. The molecule has 2 aliphatic heterocycles. The second kappa shape index (κ2) is 12.2. The predicted molar refractivity (Wildman–Crippen MR) is 145 cm³/mol. The van der Waals surface area contributed by atoms with E-state index in [1.807, 2.05) is 30.3 Å². The van der Waals surface area contributed by atoms with Crippen molar-refractivity contribution in [1.29, 1.82) is 0 Å².